The van der Waals surface area contributed by atoms with Crippen LogP contribution < -0.4 is 4.74 Å². The lowest BCUT2D eigenvalue weighted by molar-refractivity contribution is -0.0263. The van der Waals surface area contributed by atoms with Crippen LogP contribution in [0.15, 0.2) is 30.5 Å². The van der Waals surface area contributed by atoms with Gasteiger partial charge in [0.25, 0.3) is 0 Å². The lowest BCUT2D eigenvalue weighted by Gasteiger charge is -2.47. The van der Waals surface area contributed by atoms with E-state index in [1.807, 2.05) is 24.3 Å². The lowest BCUT2D eigenvalue weighted by Crippen LogP contribution is -2.51. The molecule has 3 aliphatic heterocycles. The van der Waals surface area contributed by atoms with Gasteiger partial charge in [0.1, 0.15) is 5.75 Å². The third-order valence-electron chi connectivity index (χ3n) is 5.36. The summed E-state index contributed by atoms with van der Waals surface area (Å²) in [5.74, 6) is 1.59. The fourth-order valence-corrected chi connectivity index (χ4v) is 4.08. The first-order valence-electron chi connectivity index (χ1n) is 8.11. The number of ether oxygens (including phenoxy) is 1. The molecule has 2 bridgehead atoms. The molecule has 1 unspecified atom stereocenters. The van der Waals surface area contributed by atoms with Gasteiger partial charge in [-0.2, -0.15) is 0 Å². The molecule has 22 heavy (non-hydrogen) atoms. The fraction of sp³-hybridized carbons (Fsp3) is 0.500. The summed E-state index contributed by atoms with van der Waals surface area (Å²) in [5, 5.41) is 12.0. The Labute approximate surface area is 130 Å². The van der Waals surface area contributed by atoms with E-state index in [0.717, 1.165) is 47.6 Å². The summed E-state index contributed by atoms with van der Waals surface area (Å²) in [6.45, 7) is 2.25. The average molecular weight is 298 g/mol. The Hall–Kier alpha value is -1.65. The SMILES string of the molecule is COc1ccc2nccc([C@H](O)C3CC4CCN3CC4)c2c1. The van der Waals surface area contributed by atoms with E-state index in [2.05, 4.69) is 9.88 Å². The van der Waals surface area contributed by atoms with Gasteiger partial charge in [0.15, 0.2) is 0 Å². The zero-order chi connectivity index (χ0) is 15.1. The third-order valence-corrected chi connectivity index (χ3v) is 5.36. The molecular weight excluding hydrogens is 276 g/mol. The topological polar surface area (TPSA) is 45.6 Å². The van der Waals surface area contributed by atoms with Gasteiger partial charge in [-0.15, -0.1) is 0 Å². The first-order chi connectivity index (χ1) is 10.8. The Morgan fingerprint density at radius 1 is 1.27 bits per heavy atom. The van der Waals surface area contributed by atoms with Crippen molar-refractivity contribution >= 4 is 10.9 Å². The molecule has 0 amide bonds. The van der Waals surface area contributed by atoms with E-state index in [-0.39, 0.29) is 6.04 Å². The predicted molar refractivity (Wildman–Crippen MR) is 86.0 cm³/mol. The van der Waals surface area contributed by atoms with Crippen LogP contribution in [0.5, 0.6) is 5.75 Å². The highest BCUT2D eigenvalue weighted by Gasteiger charge is 2.38. The number of fused-ring (bicyclic) bond motifs is 4. The maximum atomic E-state index is 11.0. The molecule has 1 aromatic heterocycles. The van der Waals surface area contributed by atoms with Crippen LogP contribution in [0.1, 0.15) is 30.9 Å². The maximum Gasteiger partial charge on any atom is 0.119 e. The van der Waals surface area contributed by atoms with Crippen molar-refractivity contribution in [2.24, 2.45) is 5.92 Å². The zero-order valence-corrected chi connectivity index (χ0v) is 12.9. The molecule has 3 fully saturated rings. The van der Waals surface area contributed by atoms with Crippen molar-refractivity contribution in [3.63, 3.8) is 0 Å². The molecule has 5 rings (SSSR count). The minimum absolute atomic E-state index is 0.240. The normalized spacial score (nSPS) is 28.7. The van der Waals surface area contributed by atoms with Crippen LogP contribution in [-0.2, 0) is 0 Å². The molecule has 3 aliphatic rings. The molecule has 1 N–H and O–H groups in total. The Kier molecular flexibility index (Phi) is 3.51. The Morgan fingerprint density at radius 3 is 2.77 bits per heavy atom. The fourth-order valence-electron chi connectivity index (χ4n) is 4.08. The molecule has 0 radical (unpaired) electrons. The number of pyridine rings is 1. The van der Waals surface area contributed by atoms with Gasteiger partial charge in [-0.1, -0.05) is 0 Å². The Balaban J connectivity index is 1.73. The van der Waals surface area contributed by atoms with E-state index < -0.39 is 6.10 Å². The number of nitrogens with zero attached hydrogens (tertiary/aromatic N) is 2. The number of aliphatic hydroxyl groups is 1. The van der Waals surface area contributed by atoms with Crippen LogP contribution in [0.25, 0.3) is 10.9 Å². The predicted octanol–water partition coefficient (Wildman–Crippen LogP) is 2.76. The van der Waals surface area contributed by atoms with Crippen molar-refractivity contribution in [3.05, 3.63) is 36.0 Å². The van der Waals surface area contributed by atoms with Crippen molar-refractivity contribution in [3.8, 4) is 5.75 Å². The quantitative estimate of drug-likeness (QED) is 0.946. The zero-order valence-electron chi connectivity index (χ0n) is 12.9. The van der Waals surface area contributed by atoms with Gasteiger partial charge in [0, 0.05) is 17.6 Å². The van der Waals surface area contributed by atoms with Gasteiger partial charge in [-0.3, -0.25) is 9.88 Å². The highest BCUT2D eigenvalue weighted by Crippen LogP contribution is 2.39. The summed E-state index contributed by atoms with van der Waals surface area (Å²) in [4.78, 5) is 6.87. The standard InChI is InChI=1S/C18H22N2O2/c1-22-13-2-3-16-15(11-13)14(4-7-19-16)18(21)17-10-12-5-8-20(17)9-6-12/h2-4,7,11-12,17-18,21H,5-6,8-10H2,1H3/t17?,18-/m0/s1. The van der Waals surface area contributed by atoms with Gasteiger partial charge < -0.3 is 9.84 Å². The summed E-state index contributed by atoms with van der Waals surface area (Å²) in [7, 11) is 1.67. The van der Waals surface area contributed by atoms with Crippen molar-refractivity contribution in [2.45, 2.75) is 31.4 Å². The maximum absolute atomic E-state index is 11.0. The number of methoxy groups -OCH3 is 1. The molecule has 116 valence electrons. The molecule has 0 saturated carbocycles. The Bertz CT molecular complexity index is 680. The van der Waals surface area contributed by atoms with E-state index in [4.69, 9.17) is 4.74 Å². The van der Waals surface area contributed by atoms with E-state index in [1.54, 1.807) is 13.3 Å². The summed E-state index contributed by atoms with van der Waals surface area (Å²) in [6, 6.07) is 8.05. The second-order valence-electron chi connectivity index (χ2n) is 6.51. The molecule has 3 saturated heterocycles. The number of piperidine rings is 3. The monoisotopic (exact) mass is 298 g/mol. The lowest BCUT2D eigenvalue weighted by atomic mass is 9.79. The van der Waals surface area contributed by atoms with Crippen LogP contribution in [0.4, 0.5) is 0 Å². The molecule has 2 atom stereocenters. The van der Waals surface area contributed by atoms with E-state index in [9.17, 15) is 5.11 Å². The molecule has 4 nitrogen and oxygen atoms in total. The van der Waals surface area contributed by atoms with Gasteiger partial charge in [-0.05, 0) is 68.1 Å². The van der Waals surface area contributed by atoms with E-state index in [0.29, 0.717) is 0 Å². The van der Waals surface area contributed by atoms with Crippen molar-refractivity contribution in [1.29, 1.82) is 0 Å². The summed E-state index contributed by atoms with van der Waals surface area (Å²) >= 11 is 0. The smallest absolute Gasteiger partial charge is 0.119 e. The number of benzene rings is 1. The third kappa shape index (κ3) is 2.27. The van der Waals surface area contributed by atoms with Gasteiger partial charge >= 0.3 is 0 Å². The minimum atomic E-state index is -0.458. The summed E-state index contributed by atoms with van der Waals surface area (Å²) in [5.41, 5.74) is 1.88. The second-order valence-corrected chi connectivity index (χ2v) is 6.51. The van der Waals surface area contributed by atoms with Crippen molar-refractivity contribution in [2.75, 3.05) is 20.2 Å². The average Bonchev–Trinajstić information content (AvgIpc) is 2.61. The number of aromatic nitrogens is 1. The van der Waals surface area contributed by atoms with E-state index >= 15 is 0 Å². The van der Waals surface area contributed by atoms with Gasteiger partial charge in [0.05, 0.1) is 18.7 Å². The molecule has 1 aromatic carbocycles. The first-order valence-corrected chi connectivity index (χ1v) is 8.11. The number of rotatable bonds is 3. The first kappa shape index (κ1) is 14.0. The van der Waals surface area contributed by atoms with Crippen LogP contribution in [0, 0.1) is 5.92 Å². The number of aliphatic hydroxyl groups excluding tert-OH is 1. The minimum Gasteiger partial charge on any atom is -0.497 e. The van der Waals surface area contributed by atoms with Gasteiger partial charge in [-0.25, -0.2) is 0 Å². The highest BCUT2D eigenvalue weighted by molar-refractivity contribution is 5.83. The van der Waals surface area contributed by atoms with E-state index in [1.165, 1.54) is 12.8 Å². The Morgan fingerprint density at radius 2 is 2.09 bits per heavy atom. The van der Waals surface area contributed by atoms with Crippen molar-refractivity contribution in [1.82, 2.24) is 9.88 Å². The summed E-state index contributed by atoms with van der Waals surface area (Å²) < 4.78 is 5.33. The molecular formula is C18H22N2O2. The molecule has 0 spiro atoms. The van der Waals surface area contributed by atoms with Crippen LogP contribution in [-0.4, -0.2) is 41.2 Å². The van der Waals surface area contributed by atoms with Crippen molar-refractivity contribution < 1.29 is 9.84 Å². The second kappa shape index (κ2) is 5.52. The molecule has 0 aliphatic carbocycles. The molecule has 4 heteroatoms. The summed E-state index contributed by atoms with van der Waals surface area (Å²) in [6.07, 6.45) is 5.02. The largest absolute Gasteiger partial charge is 0.497 e. The van der Waals surface area contributed by atoms with Gasteiger partial charge in [0.2, 0.25) is 0 Å². The highest BCUT2D eigenvalue weighted by atomic mass is 16.5. The van der Waals surface area contributed by atoms with Crippen LogP contribution >= 0.6 is 0 Å². The van der Waals surface area contributed by atoms with Crippen LogP contribution in [0.3, 0.4) is 0 Å². The number of hydrogen-bond acceptors (Lipinski definition) is 4. The van der Waals surface area contributed by atoms with Crippen LogP contribution in [0.2, 0.25) is 0 Å². The molecule has 2 aromatic rings. The number of hydrogen-bond donors (Lipinski definition) is 1. The molecule has 4 heterocycles.